The Bertz CT molecular complexity index is 866. The molecular weight excluding hydrogens is 361 g/mol. The van der Waals surface area contributed by atoms with Gasteiger partial charge >= 0.3 is 0 Å². The van der Waals surface area contributed by atoms with E-state index in [1.807, 2.05) is 0 Å². The number of nitrogens with zero attached hydrogens (tertiary/aromatic N) is 2. The van der Waals surface area contributed by atoms with Crippen LogP contribution in [0, 0.1) is 6.92 Å². The van der Waals surface area contributed by atoms with Gasteiger partial charge in [0.1, 0.15) is 4.90 Å². The molecule has 1 aromatic carbocycles. The predicted molar refractivity (Wildman–Crippen MR) is 89.5 cm³/mol. The van der Waals surface area contributed by atoms with Crippen LogP contribution in [0.5, 0.6) is 0 Å². The number of hydrogen-bond acceptors (Lipinski definition) is 4. The predicted octanol–water partition coefficient (Wildman–Crippen LogP) is 2.23. The summed E-state index contributed by atoms with van der Waals surface area (Å²) in [5.74, 6) is 0. The van der Waals surface area contributed by atoms with E-state index in [1.165, 1.54) is 29.1 Å². The molecule has 1 N–H and O–H groups in total. The Morgan fingerprint density at radius 3 is 2.70 bits per heavy atom. The first kappa shape index (κ1) is 17.9. The largest absolute Gasteiger partial charge is 0.268 e. The van der Waals surface area contributed by atoms with Crippen LogP contribution in [0.3, 0.4) is 0 Å². The van der Waals surface area contributed by atoms with E-state index in [0.29, 0.717) is 23.6 Å². The normalized spacial score (nSPS) is 11.6. The maximum Gasteiger partial charge on any atom is 0.266 e. The maximum absolute atomic E-state index is 12.3. The molecule has 0 atom stereocenters. The van der Waals surface area contributed by atoms with Crippen LogP contribution in [0.2, 0.25) is 10.0 Å². The standard InChI is InChI=1S/C14H15Cl2N3O3S/c1-10-8-13(12(16)9-11(10)15)23(21,22)18-6-3-7-19-14(20)4-2-5-17-19/h2,4-5,8-9,18H,3,6-7H2,1H3. The van der Waals surface area contributed by atoms with Crippen molar-refractivity contribution in [2.75, 3.05) is 6.54 Å². The van der Waals surface area contributed by atoms with E-state index in [-0.39, 0.29) is 22.0 Å². The third kappa shape index (κ3) is 4.54. The molecule has 23 heavy (non-hydrogen) atoms. The molecule has 0 radical (unpaired) electrons. The van der Waals surface area contributed by atoms with Crippen molar-refractivity contribution >= 4 is 33.2 Å². The summed E-state index contributed by atoms with van der Waals surface area (Å²) in [7, 11) is -3.74. The van der Waals surface area contributed by atoms with E-state index >= 15 is 0 Å². The Morgan fingerprint density at radius 2 is 2.00 bits per heavy atom. The van der Waals surface area contributed by atoms with Crippen molar-refractivity contribution < 1.29 is 8.42 Å². The minimum Gasteiger partial charge on any atom is -0.268 e. The lowest BCUT2D eigenvalue weighted by Gasteiger charge is -2.10. The maximum atomic E-state index is 12.3. The van der Waals surface area contributed by atoms with Gasteiger partial charge in [0.15, 0.2) is 0 Å². The third-order valence-corrected chi connectivity index (χ3v) is 5.46. The second kappa shape index (κ2) is 7.44. The highest BCUT2D eigenvalue weighted by Crippen LogP contribution is 2.27. The lowest BCUT2D eigenvalue weighted by atomic mass is 10.2. The summed E-state index contributed by atoms with van der Waals surface area (Å²) in [5, 5.41) is 4.37. The molecule has 124 valence electrons. The first-order valence-corrected chi connectivity index (χ1v) is 9.02. The Morgan fingerprint density at radius 1 is 1.26 bits per heavy atom. The summed E-state index contributed by atoms with van der Waals surface area (Å²) in [6, 6.07) is 5.77. The zero-order valence-electron chi connectivity index (χ0n) is 12.3. The van der Waals surface area contributed by atoms with Gasteiger partial charge in [-0.1, -0.05) is 23.2 Å². The van der Waals surface area contributed by atoms with Gasteiger partial charge in [-0.15, -0.1) is 0 Å². The van der Waals surface area contributed by atoms with Gasteiger partial charge in [0.25, 0.3) is 5.56 Å². The fourth-order valence-corrected chi connectivity index (χ4v) is 3.81. The molecule has 2 aromatic rings. The number of benzene rings is 1. The SMILES string of the molecule is Cc1cc(S(=O)(=O)NCCCn2ncccc2=O)c(Cl)cc1Cl. The van der Waals surface area contributed by atoms with Crippen LogP contribution in [0.4, 0.5) is 0 Å². The van der Waals surface area contributed by atoms with Gasteiger partial charge in [-0.05, 0) is 37.1 Å². The molecule has 0 aliphatic carbocycles. The average Bonchev–Trinajstić information content (AvgIpc) is 2.49. The Balaban J connectivity index is 2.01. The van der Waals surface area contributed by atoms with E-state index < -0.39 is 10.0 Å². The third-order valence-electron chi connectivity index (χ3n) is 3.13. The van der Waals surface area contributed by atoms with Crippen LogP contribution >= 0.6 is 23.2 Å². The molecule has 9 heteroatoms. The first-order valence-electron chi connectivity index (χ1n) is 6.79. The Kier molecular flexibility index (Phi) is 5.80. The fourth-order valence-electron chi connectivity index (χ4n) is 1.90. The minimum atomic E-state index is -3.74. The zero-order valence-corrected chi connectivity index (χ0v) is 14.6. The van der Waals surface area contributed by atoms with Gasteiger partial charge < -0.3 is 0 Å². The van der Waals surface area contributed by atoms with Crippen molar-refractivity contribution in [3.05, 3.63) is 56.4 Å². The molecule has 2 rings (SSSR count). The number of rotatable bonds is 6. The van der Waals surface area contributed by atoms with Gasteiger partial charge in [0, 0.05) is 30.4 Å². The summed E-state index contributed by atoms with van der Waals surface area (Å²) in [6.45, 7) is 2.17. The molecule has 0 amide bonds. The summed E-state index contributed by atoms with van der Waals surface area (Å²) < 4.78 is 28.3. The molecule has 1 heterocycles. The lowest BCUT2D eigenvalue weighted by molar-refractivity contribution is 0.535. The number of halogens is 2. The molecule has 0 saturated carbocycles. The lowest BCUT2D eigenvalue weighted by Crippen LogP contribution is -2.28. The topological polar surface area (TPSA) is 81.1 Å². The molecule has 0 aliphatic rings. The van der Waals surface area contributed by atoms with E-state index in [4.69, 9.17) is 23.2 Å². The molecule has 0 unspecified atom stereocenters. The zero-order chi connectivity index (χ0) is 17.0. The summed E-state index contributed by atoms with van der Waals surface area (Å²) in [4.78, 5) is 11.5. The molecule has 0 saturated heterocycles. The quantitative estimate of drug-likeness (QED) is 0.784. The van der Waals surface area contributed by atoms with Crippen molar-refractivity contribution in [2.45, 2.75) is 24.8 Å². The highest BCUT2D eigenvalue weighted by atomic mass is 35.5. The molecule has 1 aromatic heterocycles. The van der Waals surface area contributed by atoms with Crippen LogP contribution in [-0.4, -0.2) is 24.7 Å². The van der Waals surface area contributed by atoms with Crippen molar-refractivity contribution in [3.8, 4) is 0 Å². The second-order valence-corrected chi connectivity index (χ2v) is 7.42. The van der Waals surface area contributed by atoms with E-state index in [9.17, 15) is 13.2 Å². The van der Waals surface area contributed by atoms with Gasteiger partial charge in [-0.25, -0.2) is 17.8 Å². The van der Waals surface area contributed by atoms with Crippen LogP contribution < -0.4 is 10.3 Å². The van der Waals surface area contributed by atoms with Crippen LogP contribution in [0.15, 0.2) is 40.2 Å². The second-order valence-electron chi connectivity index (χ2n) is 4.87. The smallest absolute Gasteiger partial charge is 0.266 e. The molecule has 0 bridgehead atoms. The highest BCUT2D eigenvalue weighted by molar-refractivity contribution is 7.89. The van der Waals surface area contributed by atoms with E-state index in [1.54, 1.807) is 13.0 Å². The fraction of sp³-hybridized carbons (Fsp3) is 0.286. The highest BCUT2D eigenvalue weighted by Gasteiger charge is 2.18. The number of aromatic nitrogens is 2. The summed E-state index contributed by atoms with van der Waals surface area (Å²) in [6.07, 6.45) is 1.92. The number of hydrogen-bond donors (Lipinski definition) is 1. The molecule has 0 aliphatic heterocycles. The monoisotopic (exact) mass is 375 g/mol. The van der Waals surface area contributed by atoms with Gasteiger partial charge in [0.2, 0.25) is 10.0 Å². The first-order chi connectivity index (χ1) is 10.8. The number of nitrogens with one attached hydrogen (secondary N) is 1. The van der Waals surface area contributed by atoms with Gasteiger partial charge in [-0.3, -0.25) is 4.79 Å². The molecule has 0 fully saturated rings. The van der Waals surface area contributed by atoms with Gasteiger partial charge in [0.05, 0.1) is 5.02 Å². The van der Waals surface area contributed by atoms with Crippen molar-refractivity contribution in [1.29, 1.82) is 0 Å². The summed E-state index contributed by atoms with van der Waals surface area (Å²) >= 11 is 11.9. The van der Waals surface area contributed by atoms with Crippen molar-refractivity contribution in [3.63, 3.8) is 0 Å². The van der Waals surface area contributed by atoms with Crippen LogP contribution in [-0.2, 0) is 16.6 Å². The number of sulfonamides is 1. The Labute approximate surface area is 144 Å². The molecular formula is C14H15Cl2N3O3S. The Hall–Kier alpha value is -1.41. The number of aryl methyl sites for hydroxylation is 2. The van der Waals surface area contributed by atoms with E-state index in [0.717, 1.165) is 0 Å². The van der Waals surface area contributed by atoms with Crippen LogP contribution in [0.1, 0.15) is 12.0 Å². The molecule has 0 spiro atoms. The average molecular weight is 376 g/mol. The minimum absolute atomic E-state index is 0.0175. The van der Waals surface area contributed by atoms with E-state index in [2.05, 4.69) is 9.82 Å². The summed E-state index contributed by atoms with van der Waals surface area (Å²) in [5.41, 5.74) is 0.392. The van der Waals surface area contributed by atoms with Crippen LogP contribution in [0.25, 0.3) is 0 Å². The van der Waals surface area contributed by atoms with Gasteiger partial charge in [-0.2, -0.15) is 5.10 Å². The van der Waals surface area contributed by atoms with Crippen molar-refractivity contribution in [1.82, 2.24) is 14.5 Å². The van der Waals surface area contributed by atoms with Crippen molar-refractivity contribution in [2.24, 2.45) is 0 Å². The molecule has 6 nitrogen and oxygen atoms in total.